The molecule has 1 saturated heterocycles. The molecule has 0 aromatic carbocycles. The van der Waals surface area contributed by atoms with Crippen LogP contribution in [-0.4, -0.2) is 48.5 Å². The van der Waals surface area contributed by atoms with Crippen LogP contribution in [0.5, 0.6) is 0 Å². The van der Waals surface area contributed by atoms with E-state index in [1.807, 2.05) is 6.92 Å². The molecule has 1 aliphatic heterocycles. The summed E-state index contributed by atoms with van der Waals surface area (Å²) < 4.78 is 5.44. The average molecular weight is 187 g/mol. The van der Waals surface area contributed by atoms with Gasteiger partial charge in [-0.15, -0.1) is 0 Å². The number of piperidine rings is 1. The molecule has 1 heterocycles. The topological polar surface area (TPSA) is 32.7 Å². The van der Waals surface area contributed by atoms with Crippen molar-refractivity contribution in [1.82, 2.24) is 4.90 Å². The summed E-state index contributed by atoms with van der Waals surface area (Å²) in [5.74, 6) is 0. The SMILES string of the molecule is COC1(C)CCN(CC(C)O)CC1. The minimum absolute atomic E-state index is 0.0647. The third-order valence-corrected chi connectivity index (χ3v) is 2.93. The first kappa shape index (κ1) is 11.0. The number of hydrogen-bond acceptors (Lipinski definition) is 3. The second-order valence-electron chi connectivity index (χ2n) is 4.30. The van der Waals surface area contributed by atoms with Gasteiger partial charge in [-0.2, -0.15) is 0 Å². The van der Waals surface area contributed by atoms with Gasteiger partial charge in [-0.25, -0.2) is 0 Å². The standard InChI is InChI=1S/C10H21NO2/c1-9(12)8-11-6-4-10(2,13-3)5-7-11/h9,12H,4-8H2,1-3H3. The molecule has 1 atom stereocenters. The van der Waals surface area contributed by atoms with Crippen LogP contribution in [0.3, 0.4) is 0 Å². The summed E-state index contributed by atoms with van der Waals surface area (Å²) in [5, 5.41) is 9.22. The molecule has 0 saturated carbocycles. The van der Waals surface area contributed by atoms with E-state index in [0.29, 0.717) is 0 Å². The van der Waals surface area contributed by atoms with Crippen molar-refractivity contribution in [3.05, 3.63) is 0 Å². The van der Waals surface area contributed by atoms with Crippen molar-refractivity contribution in [2.45, 2.75) is 38.4 Å². The molecule has 1 rings (SSSR count). The molecule has 0 amide bonds. The predicted octanol–water partition coefficient (Wildman–Crippen LogP) is 0.868. The Hall–Kier alpha value is -0.120. The summed E-state index contributed by atoms with van der Waals surface area (Å²) in [5.41, 5.74) is 0.0647. The number of nitrogens with zero attached hydrogens (tertiary/aromatic N) is 1. The Bertz CT molecular complexity index is 151. The summed E-state index contributed by atoms with van der Waals surface area (Å²) in [4.78, 5) is 2.30. The first-order valence-corrected chi connectivity index (χ1v) is 5.01. The van der Waals surface area contributed by atoms with E-state index in [2.05, 4.69) is 11.8 Å². The molecular formula is C10H21NO2. The van der Waals surface area contributed by atoms with Gasteiger partial charge in [0.2, 0.25) is 0 Å². The molecule has 78 valence electrons. The van der Waals surface area contributed by atoms with Crippen molar-refractivity contribution in [3.8, 4) is 0 Å². The van der Waals surface area contributed by atoms with Crippen molar-refractivity contribution in [2.75, 3.05) is 26.7 Å². The van der Waals surface area contributed by atoms with E-state index in [9.17, 15) is 5.11 Å². The number of aliphatic hydroxyl groups is 1. The van der Waals surface area contributed by atoms with Gasteiger partial charge in [0.25, 0.3) is 0 Å². The second-order valence-corrected chi connectivity index (χ2v) is 4.30. The Morgan fingerprint density at radius 2 is 2.00 bits per heavy atom. The Kier molecular flexibility index (Phi) is 3.71. The molecule has 0 bridgehead atoms. The van der Waals surface area contributed by atoms with Crippen LogP contribution in [0.15, 0.2) is 0 Å². The minimum atomic E-state index is -0.216. The van der Waals surface area contributed by atoms with Crippen LogP contribution in [0.1, 0.15) is 26.7 Å². The van der Waals surface area contributed by atoms with Gasteiger partial charge in [-0.05, 0) is 26.7 Å². The van der Waals surface area contributed by atoms with Gasteiger partial charge in [0.15, 0.2) is 0 Å². The zero-order valence-corrected chi connectivity index (χ0v) is 8.92. The highest BCUT2D eigenvalue weighted by Crippen LogP contribution is 2.24. The van der Waals surface area contributed by atoms with Crippen LogP contribution >= 0.6 is 0 Å². The van der Waals surface area contributed by atoms with Crippen molar-refractivity contribution in [2.24, 2.45) is 0 Å². The van der Waals surface area contributed by atoms with Crippen molar-refractivity contribution >= 4 is 0 Å². The molecule has 0 radical (unpaired) electrons. The summed E-state index contributed by atoms with van der Waals surface area (Å²) >= 11 is 0. The summed E-state index contributed by atoms with van der Waals surface area (Å²) in [6.45, 7) is 6.86. The molecule has 1 N–H and O–H groups in total. The average Bonchev–Trinajstić information content (AvgIpc) is 2.09. The maximum atomic E-state index is 9.22. The van der Waals surface area contributed by atoms with Gasteiger partial charge >= 0.3 is 0 Å². The maximum absolute atomic E-state index is 9.22. The fraction of sp³-hybridized carbons (Fsp3) is 1.00. The van der Waals surface area contributed by atoms with Gasteiger partial charge < -0.3 is 14.7 Å². The highest BCUT2D eigenvalue weighted by molar-refractivity contribution is 4.83. The van der Waals surface area contributed by atoms with E-state index in [0.717, 1.165) is 32.5 Å². The molecule has 0 aromatic heterocycles. The second kappa shape index (κ2) is 4.40. The zero-order valence-electron chi connectivity index (χ0n) is 8.92. The Balaban J connectivity index is 2.30. The Morgan fingerprint density at radius 3 is 2.38 bits per heavy atom. The fourth-order valence-electron chi connectivity index (χ4n) is 1.79. The number of β-amino-alcohol motifs (C(OH)–C–C–N with tert-alkyl or cyclic N) is 1. The molecule has 13 heavy (non-hydrogen) atoms. The van der Waals surface area contributed by atoms with Crippen LogP contribution in [-0.2, 0) is 4.74 Å². The van der Waals surface area contributed by atoms with Crippen LogP contribution in [0.25, 0.3) is 0 Å². The highest BCUT2D eigenvalue weighted by atomic mass is 16.5. The van der Waals surface area contributed by atoms with Crippen LogP contribution in [0.2, 0.25) is 0 Å². The first-order chi connectivity index (χ1) is 6.06. The van der Waals surface area contributed by atoms with Gasteiger partial charge in [0.1, 0.15) is 0 Å². The lowest BCUT2D eigenvalue weighted by Crippen LogP contribution is -2.45. The van der Waals surface area contributed by atoms with Gasteiger partial charge in [0, 0.05) is 26.7 Å². The summed E-state index contributed by atoms with van der Waals surface area (Å²) in [6.07, 6.45) is 1.92. The first-order valence-electron chi connectivity index (χ1n) is 5.01. The van der Waals surface area contributed by atoms with Crippen molar-refractivity contribution < 1.29 is 9.84 Å². The molecule has 1 aliphatic rings. The number of aliphatic hydroxyl groups excluding tert-OH is 1. The quantitative estimate of drug-likeness (QED) is 0.711. The third kappa shape index (κ3) is 3.25. The summed E-state index contributed by atoms with van der Waals surface area (Å²) in [7, 11) is 1.78. The number of hydrogen-bond donors (Lipinski definition) is 1. The molecule has 3 heteroatoms. The smallest absolute Gasteiger partial charge is 0.0675 e. The molecule has 1 unspecified atom stereocenters. The van der Waals surface area contributed by atoms with E-state index in [1.54, 1.807) is 7.11 Å². The highest BCUT2D eigenvalue weighted by Gasteiger charge is 2.29. The number of likely N-dealkylation sites (tertiary alicyclic amines) is 1. The lowest BCUT2D eigenvalue weighted by Gasteiger charge is -2.38. The van der Waals surface area contributed by atoms with Crippen LogP contribution < -0.4 is 0 Å². The number of ether oxygens (including phenoxy) is 1. The van der Waals surface area contributed by atoms with E-state index in [1.165, 1.54) is 0 Å². The Morgan fingerprint density at radius 1 is 1.46 bits per heavy atom. The zero-order chi connectivity index (χ0) is 9.90. The lowest BCUT2D eigenvalue weighted by atomic mass is 9.93. The molecular weight excluding hydrogens is 166 g/mol. The number of rotatable bonds is 3. The van der Waals surface area contributed by atoms with E-state index in [4.69, 9.17) is 4.74 Å². The van der Waals surface area contributed by atoms with E-state index in [-0.39, 0.29) is 11.7 Å². The normalized spacial score (nSPS) is 25.8. The lowest BCUT2D eigenvalue weighted by molar-refractivity contribution is -0.0477. The van der Waals surface area contributed by atoms with Crippen molar-refractivity contribution in [1.29, 1.82) is 0 Å². The predicted molar refractivity (Wildman–Crippen MR) is 52.8 cm³/mol. The number of methoxy groups -OCH3 is 1. The van der Waals surface area contributed by atoms with Crippen LogP contribution in [0.4, 0.5) is 0 Å². The van der Waals surface area contributed by atoms with Gasteiger partial charge in [-0.1, -0.05) is 0 Å². The Labute approximate surface area is 80.7 Å². The molecule has 0 aromatic rings. The van der Waals surface area contributed by atoms with Crippen molar-refractivity contribution in [3.63, 3.8) is 0 Å². The van der Waals surface area contributed by atoms with Crippen LogP contribution in [0, 0.1) is 0 Å². The molecule has 0 aliphatic carbocycles. The fourth-order valence-corrected chi connectivity index (χ4v) is 1.79. The minimum Gasteiger partial charge on any atom is -0.392 e. The molecule has 1 fully saturated rings. The van der Waals surface area contributed by atoms with E-state index >= 15 is 0 Å². The maximum Gasteiger partial charge on any atom is 0.0675 e. The van der Waals surface area contributed by atoms with Gasteiger partial charge in [-0.3, -0.25) is 0 Å². The molecule has 0 spiro atoms. The van der Waals surface area contributed by atoms with E-state index < -0.39 is 0 Å². The van der Waals surface area contributed by atoms with Gasteiger partial charge in [0.05, 0.1) is 11.7 Å². The largest absolute Gasteiger partial charge is 0.392 e. The monoisotopic (exact) mass is 187 g/mol. The molecule has 3 nitrogen and oxygen atoms in total. The summed E-state index contributed by atoms with van der Waals surface area (Å²) in [6, 6.07) is 0. The third-order valence-electron chi connectivity index (χ3n) is 2.93.